The number of aromatic nitrogens is 3. The zero-order valence-corrected chi connectivity index (χ0v) is 10.7. The van der Waals surface area contributed by atoms with Crippen LogP contribution in [0.5, 0.6) is 0 Å². The highest BCUT2D eigenvalue weighted by Gasteiger charge is 2.05. The molecular formula is C13H16N4O2. The molecular weight excluding hydrogens is 244 g/mol. The van der Waals surface area contributed by atoms with Gasteiger partial charge in [0.1, 0.15) is 6.33 Å². The Labute approximate surface area is 111 Å². The summed E-state index contributed by atoms with van der Waals surface area (Å²) in [5.74, 6) is 0.679. The summed E-state index contributed by atoms with van der Waals surface area (Å²) in [7, 11) is 1.87. The van der Waals surface area contributed by atoms with Gasteiger partial charge >= 0.3 is 0 Å². The number of aryl methyl sites for hydroxylation is 1. The number of aliphatic hydroxyl groups is 1. The van der Waals surface area contributed by atoms with E-state index in [1.807, 2.05) is 35.9 Å². The monoisotopic (exact) mass is 260 g/mol. The number of hydrogen-bond acceptors (Lipinski definition) is 4. The van der Waals surface area contributed by atoms with Crippen LogP contribution in [-0.2, 0) is 11.8 Å². The second kappa shape index (κ2) is 6.10. The molecule has 0 saturated heterocycles. The van der Waals surface area contributed by atoms with Crippen LogP contribution in [0.15, 0.2) is 30.6 Å². The van der Waals surface area contributed by atoms with Crippen molar-refractivity contribution in [1.29, 1.82) is 0 Å². The number of amides is 1. The third kappa shape index (κ3) is 3.38. The first-order chi connectivity index (χ1) is 9.20. The van der Waals surface area contributed by atoms with Crippen LogP contribution in [0, 0.1) is 0 Å². The van der Waals surface area contributed by atoms with E-state index in [-0.39, 0.29) is 12.5 Å². The Morgan fingerprint density at radius 3 is 2.68 bits per heavy atom. The van der Waals surface area contributed by atoms with Crippen molar-refractivity contribution in [2.24, 2.45) is 7.05 Å². The third-order valence-electron chi connectivity index (χ3n) is 2.70. The van der Waals surface area contributed by atoms with Crippen LogP contribution in [0.25, 0.3) is 11.4 Å². The van der Waals surface area contributed by atoms with Crippen LogP contribution in [0.1, 0.15) is 12.8 Å². The summed E-state index contributed by atoms with van der Waals surface area (Å²) in [6.45, 7) is 0.0263. The predicted octanol–water partition coefficient (Wildman–Crippen LogP) is 1.19. The lowest BCUT2D eigenvalue weighted by Gasteiger charge is -2.06. The molecule has 0 aliphatic heterocycles. The first kappa shape index (κ1) is 13.2. The number of anilines is 1. The lowest BCUT2D eigenvalue weighted by Crippen LogP contribution is -2.11. The fraction of sp³-hybridized carbons (Fsp3) is 0.308. The lowest BCUT2D eigenvalue weighted by atomic mass is 10.2. The van der Waals surface area contributed by atoms with E-state index in [2.05, 4.69) is 15.5 Å². The molecule has 0 spiro atoms. The van der Waals surface area contributed by atoms with Crippen LogP contribution in [0.3, 0.4) is 0 Å². The molecule has 0 atom stereocenters. The Balaban J connectivity index is 2.03. The smallest absolute Gasteiger partial charge is 0.224 e. The van der Waals surface area contributed by atoms with E-state index >= 15 is 0 Å². The summed E-state index contributed by atoms with van der Waals surface area (Å²) in [6.07, 6.45) is 2.43. The summed E-state index contributed by atoms with van der Waals surface area (Å²) < 4.78 is 1.83. The highest BCUT2D eigenvalue weighted by molar-refractivity contribution is 5.90. The number of nitrogens with zero attached hydrogens (tertiary/aromatic N) is 3. The quantitative estimate of drug-likeness (QED) is 0.846. The highest BCUT2D eigenvalue weighted by Crippen LogP contribution is 2.18. The van der Waals surface area contributed by atoms with Gasteiger partial charge in [-0.3, -0.25) is 4.79 Å². The summed E-state index contributed by atoms with van der Waals surface area (Å²) in [5, 5.41) is 19.3. The van der Waals surface area contributed by atoms with E-state index in [1.165, 1.54) is 0 Å². The minimum Gasteiger partial charge on any atom is -0.396 e. The van der Waals surface area contributed by atoms with Crippen LogP contribution in [0.2, 0.25) is 0 Å². The average Bonchev–Trinajstić information content (AvgIpc) is 2.83. The molecule has 1 aromatic carbocycles. The zero-order chi connectivity index (χ0) is 13.7. The molecule has 2 aromatic rings. The van der Waals surface area contributed by atoms with Gasteiger partial charge in [0.2, 0.25) is 5.91 Å². The summed E-state index contributed by atoms with van der Waals surface area (Å²) in [6, 6.07) is 7.40. The Bertz CT molecular complexity index is 548. The number of carbonyl (C=O) groups excluding carboxylic acids is 1. The molecule has 0 unspecified atom stereocenters. The number of hydrogen-bond donors (Lipinski definition) is 2. The molecule has 1 aromatic heterocycles. The molecule has 0 fully saturated rings. The lowest BCUT2D eigenvalue weighted by molar-refractivity contribution is -0.116. The van der Waals surface area contributed by atoms with E-state index in [4.69, 9.17) is 5.11 Å². The molecule has 6 nitrogen and oxygen atoms in total. The minimum absolute atomic E-state index is 0.0263. The second-order valence-corrected chi connectivity index (χ2v) is 4.22. The SMILES string of the molecule is Cn1cnnc1-c1ccc(NC(=O)CCCO)cc1. The Morgan fingerprint density at radius 1 is 1.37 bits per heavy atom. The van der Waals surface area contributed by atoms with Crippen molar-refractivity contribution in [1.82, 2.24) is 14.8 Å². The molecule has 19 heavy (non-hydrogen) atoms. The van der Waals surface area contributed by atoms with Crippen LogP contribution < -0.4 is 5.32 Å². The maximum Gasteiger partial charge on any atom is 0.224 e. The van der Waals surface area contributed by atoms with Crippen molar-refractivity contribution >= 4 is 11.6 Å². The Morgan fingerprint density at radius 2 is 2.11 bits per heavy atom. The fourth-order valence-electron chi connectivity index (χ4n) is 1.71. The molecule has 0 bridgehead atoms. The van der Waals surface area contributed by atoms with Crippen LogP contribution in [0.4, 0.5) is 5.69 Å². The first-order valence-corrected chi connectivity index (χ1v) is 6.06. The van der Waals surface area contributed by atoms with Crippen molar-refractivity contribution in [3.63, 3.8) is 0 Å². The molecule has 0 aliphatic carbocycles. The van der Waals surface area contributed by atoms with Gasteiger partial charge in [0.25, 0.3) is 0 Å². The summed E-state index contributed by atoms with van der Waals surface area (Å²) in [4.78, 5) is 11.5. The topological polar surface area (TPSA) is 80.0 Å². The molecule has 6 heteroatoms. The van der Waals surface area contributed by atoms with Crippen molar-refractivity contribution < 1.29 is 9.90 Å². The van der Waals surface area contributed by atoms with Gasteiger partial charge in [-0.1, -0.05) is 0 Å². The predicted molar refractivity (Wildman–Crippen MR) is 71.4 cm³/mol. The van der Waals surface area contributed by atoms with Crippen molar-refractivity contribution in [2.75, 3.05) is 11.9 Å². The van der Waals surface area contributed by atoms with E-state index in [0.717, 1.165) is 17.1 Å². The Kier molecular flexibility index (Phi) is 4.25. The van der Waals surface area contributed by atoms with Gasteiger partial charge in [-0.15, -0.1) is 10.2 Å². The maximum atomic E-state index is 11.5. The van der Waals surface area contributed by atoms with Gasteiger partial charge in [-0.2, -0.15) is 0 Å². The maximum absolute atomic E-state index is 11.5. The van der Waals surface area contributed by atoms with Crippen LogP contribution >= 0.6 is 0 Å². The second-order valence-electron chi connectivity index (χ2n) is 4.22. The van der Waals surface area contributed by atoms with Gasteiger partial charge in [0.05, 0.1) is 0 Å². The number of rotatable bonds is 5. The molecule has 2 N–H and O–H groups in total. The van der Waals surface area contributed by atoms with Crippen molar-refractivity contribution in [3.8, 4) is 11.4 Å². The van der Waals surface area contributed by atoms with E-state index < -0.39 is 0 Å². The third-order valence-corrected chi connectivity index (χ3v) is 2.70. The summed E-state index contributed by atoms with van der Waals surface area (Å²) >= 11 is 0. The van der Waals surface area contributed by atoms with Crippen LogP contribution in [-0.4, -0.2) is 32.4 Å². The normalized spacial score (nSPS) is 10.4. The molecule has 1 heterocycles. The molecule has 0 saturated carbocycles. The molecule has 2 rings (SSSR count). The number of benzene rings is 1. The van der Waals surface area contributed by atoms with Crippen molar-refractivity contribution in [3.05, 3.63) is 30.6 Å². The summed E-state index contributed by atoms with van der Waals surface area (Å²) in [5.41, 5.74) is 1.67. The molecule has 100 valence electrons. The highest BCUT2D eigenvalue weighted by atomic mass is 16.3. The standard InChI is InChI=1S/C13H16N4O2/c1-17-9-14-16-13(17)10-4-6-11(7-5-10)15-12(19)3-2-8-18/h4-7,9,18H,2-3,8H2,1H3,(H,15,19). The van der Waals surface area contributed by atoms with E-state index in [9.17, 15) is 4.79 Å². The van der Waals surface area contributed by atoms with Gasteiger partial charge in [-0.25, -0.2) is 0 Å². The van der Waals surface area contributed by atoms with Crippen molar-refractivity contribution in [2.45, 2.75) is 12.8 Å². The molecule has 0 aliphatic rings. The minimum atomic E-state index is -0.0968. The average molecular weight is 260 g/mol. The molecule has 1 amide bonds. The first-order valence-electron chi connectivity index (χ1n) is 6.06. The number of aliphatic hydroxyl groups excluding tert-OH is 1. The number of carbonyl (C=O) groups is 1. The number of nitrogens with one attached hydrogen (secondary N) is 1. The fourth-order valence-corrected chi connectivity index (χ4v) is 1.71. The van der Waals surface area contributed by atoms with Gasteiger partial charge in [-0.05, 0) is 30.7 Å². The Hall–Kier alpha value is -2.21. The largest absolute Gasteiger partial charge is 0.396 e. The van der Waals surface area contributed by atoms with E-state index in [0.29, 0.717) is 12.8 Å². The van der Waals surface area contributed by atoms with E-state index in [1.54, 1.807) is 6.33 Å². The van der Waals surface area contributed by atoms with Gasteiger partial charge < -0.3 is 15.0 Å². The van der Waals surface area contributed by atoms with Gasteiger partial charge in [0.15, 0.2) is 5.82 Å². The zero-order valence-electron chi connectivity index (χ0n) is 10.7. The van der Waals surface area contributed by atoms with Gasteiger partial charge in [0, 0.05) is 31.3 Å². The molecule has 0 radical (unpaired) electrons.